The molecule has 0 spiro atoms. The van der Waals surface area contributed by atoms with Gasteiger partial charge < -0.3 is 20.2 Å². The largest absolute Gasteiger partial charge is 0.376 e. The lowest BCUT2D eigenvalue weighted by Crippen LogP contribution is -2.61. The molecule has 1 aromatic heterocycles. The van der Waals surface area contributed by atoms with E-state index in [-0.39, 0.29) is 17.5 Å². The molecule has 2 saturated heterocycles. The number of hydrogen-bond donors (Lipinski definition) is 1. The van der Waals surface area contributed by atoms with Gasteiger partial charge in [0.25, 0.3) is 0 Å². The fourth-order valence-electron chi connectivity index (χ4n) is 4.32. The molecule has 2 aliphatic heterocycles. The maximum absolute atomic E-state index is 15.1. The van der Waals surface area contributed by atoms with Crippen LogP contribution in [0.2, 0.25) is 0 Å². The van der Waals surface area contributed by atoms with Crippen molar-refractivity contribution in [2.24, 2.45) is 15.9 Å². The Morgan fingerprint density at radius 1 is 1.36 bits per heavy atom. The van der Waals surface area contributed by atoms with Gasteiger partial charge in [0.2, 0.25) is 0 Å². The summed E-state index contributed by atoms with van der Waals surface area (Å²) in [5.41, 5.74) is 3.09. The second-order valence-corrected chi connectivity index (χ2v) is 9.03. The molecule has 1 atom stereocenters. The second-order valence-electron chi connectivity index (χ2n) is 9.03. The van der Waals surface area contributed by atoms with Crippen molar-refractivity contribution in [3.05, 3.63) is 59.2 Å². The second kappa shape index (κ2) is 10.4. The molecule has 2 N–H and O–H groups in total. The normalized spacial score (nSPS) is 20.8. The van der Waals surface area contributed by atoms with E-state index in [1.54, 1.807) is 12.4 Å². The van der Waals surface area contributed by atoms with Crippen LogP contribution < -0.4 is 10.7 Å². The third-order valence-electron chi connectivity index (χ3n) is 6.19. The first kappa shape index (κ1) is 23.3. The molecule has 1 aromatic carbocycles. The zero-order valence-electron chi connectivity index (χ0n) is 19.3. The van der Waals surface area contributed by atoms with E-state index in [0.29, 0.717) is 43.2 Å². The van der Waals surface area contributed by atoms with E-state index < -0.39 is 0 Å². The number of anilines is 1. The summed E-state index contributed by atoms with van der Waals surface area (Å²) < 4.78 is 26.8. The molecule has 0 saturated carbocycles. The standard InChI is InChI=1S/C25H32FN5O2/c1-18-11-24(31-16-25(2,17-31)33-15-19-7-3-5-9-29-19)22(26)12-21(18)23(30-27)14-28-13-20-8-4-6-10-32-20/h3,5,7,9,11-12,14,20H,4,6,8,10,13,15-17,27H2,1-2H3/b28-14?,30-23+. The van der Waals surface area contributed by atoms with E-state index in [4.69, 9.17) is 15.3 Å². The topological polar surface area (TPSA) is 85.3 Å². The van der Waals surface area contributed by atoms with Gasteiger partial charge in [-0.15, -0.1) is 0 Å². The Hall–Kier alpha value is -2.84. The summed E-state index contributed by atoms with van der Waals surface area (Å²) in [7, 11) is 0. The van der Waals surface area contributed by atoms with Gasteiger partial charge in [-0.1, -0.05) is 6.07 Å². The number of pyridine rings is 1. The van der Waals surface area contributed by atoms with Gasteiger partial charge in [-0.2, -0.15) is 5.10 Å². The Morgan fingerprint density at radius 3 is 2.91 bits per heavy atom. The monoisotopic (exact) mass is 453 g/mol. The average Bonchev–Trinajstić information content (AvgIpc) is 2.82. The van der Waals surface area contributed by atoms with Crippen LogP contribution in [0.15, 0.2) is 46.6 Å². The number of aromatic nitrogens is 1. The highest BCUT2D eigenvalue weighted by Gasteiger charge is 2.41. The maximum atomic E-state index is 15.1. The van der Waals surface area contributed by atoms with Crippen LogP contribution in [0.5, 0.6) is 0 Å². The van der Waals surface area contributed by atoms with Crippen molar-refractivity contribution in [3.63, 3.8) is 0 Å². The van der Waals surface area contributed by atoms with Crippen molar-refractivity contribution in [2.45, 2.75) is 51.4 Å². The zero-order valence-corrected chi connectivity index (χ0v) is 19.3. The van der Waals surface area contributed by atoms with E-state index >= 15 is 4.39 Å². The number of benzene rings is 1. The minimum atomic E-state index is -0.339. The predicted molar refractivity (Wildman–Crippen MR) is 128 cm³/mol. The van der Waals surface area contributed by atoms with Gasteiger partial charge in [0, 0.05) is 37.7 Å². The first-order valence-corrected chi connectivity index (χ1v) is 11.5. The van der Waals surface area contributed by atoms with Crippen LogP contribution >= 0.6 is 0 Å². The van der Waals surface area contributed by atoms with Crippen LogP contribution in [-0.2, 0) is 16.1 Å². The Bertz CT molecular complexity index is 999. The number of nitrogens with zero attached hydrogens (tertiary/aromatic N) is 4. The molecule has 4 rings (SSSR count). The Balaban J connectivity index is 1.37. The number of hydrazone groups is 1. The molecule has 0 amide bonds. The summed E-state index contributed by atoms with van der Waals surface area (Å²) in [6.45, 7) is 6.96. The lowest BCUT2D eigenvalue weighted by atomic mass is 9.94. The summed E-state index contributed by atoms with van der Waals surface area (Å²) in [5, 5.41) is 3.85. The number of aryl methyl sites for hydroxylation is 1. The number of nitrogens with two attached hydrogens (primary N) is 1. The zero-order chi connectivity index (χ0) is 23.3. The maximum Gasteiger partial charge on any atom is 0.147 e. The molecule has 2 aromatic rings. The van der Waals surface area contributed by atoms with Gasteiger partial charge in [-0.25, -0.2) is 4.39 Å². The van der Waals surface area contributed by atoms with Gasteiger partial charge >= 0.3 is 0 Å². The van der Waals surface area contributed by atoms with Crippen molar-refractivity contribution in [1.29, 1.82) is 0 Å². The van der Waals surface area contributed by atoms with E-state index in [1.807, 2.05) is 43.0 Å². The molecule has 0 radical (unpaired) electrons. The van der Waals surface area contributed by atoms with E-state index in [2.05, 4.69) is 15.1 Å². The van der Waals surface area contributed by atoms with Gasteiger partial charge in [0.05, 0.1) is 30.6 Å². The summed E-state index contributed by atoms with van der Waals surface area (Å²) in [5.74, 6) is 5.29. The molecule has 2 aliphatic rings. The molecule has 7 nitrogen and oxygen atoms in total. The van der Waals surface area contributed by atoms with Crippen molar-refractivity contribution >= 4 is 17.6 Å². The van der Waals surface area contributed by atoms with Crippen molar-refractivity contribution in [3.8, 4) is 0 Å². The van der Waals surface area contributed by atoms with Crippen molar-refractivity contribution in [2.75, 3.05) is 31.1 Å². The fraction of sp³-hybridized carbons (Fsp3) is 0.480. The molecule has 0 bridgehead atoms. The molecule has 1 unspecified atom stereocenters. The van der Waals surface area contributed by atoms with Crippen molar-refractivity contribution in [1.82, 2.24) is 4.98 Å². The van der Waals surface area contributed by atoms with E-state index in [0.717, 1.165) is 37.1 Å². The number of hydrogen-bond acceptors (Lipinski definition) is 7. The van der Waals surface area contributed by atoms with E-state index in [1.165, 1.54) is 6.07 Å². The quantitative estimate of drug-likeness (QED) is 0.375. The Kier molecular flexibility index (Phi) is 7.35. The molecule has 176 valence electrons. The minimum Gasteiger partial charge on any atom is -0.376 e. The van der Waals surface area contributed by atoms with E-state index in [9.17, 15) is 0 Å². The number of rotatable bonds is 8. The van der Waals surface area contributed by atoms with Gasteiger partial charge in [-0.05, 0) is 62.9 Å². The summed E-state index contributed by atoms with van der Waals surface area (Å²) in [6, 6.07) is 9.08. The molecule has 8 heteroatoms. The third kappa shape index (κ3) is 5.75. The first-order valence-electron chi connectivity index (χ1n) is 11.5. The van der Waals surface area contributed by atoms with Gasteiger partial charge in [-0.3, -0.25) is 9.98 Å². The third-order valence-corrected chi connectivity index (χ3v) is 6.19. The SMILES string of the molecule is Cc1cc(N2CC(C)(OCc3ccccn3)C2)c(F)cc1/C(C=NCC1CCCCO1)=N/N. The summed E-state index contributed by atoms with van der Waals surface area (Å²) in [4.78, 5) is 10.7. The molecular weight excluding hydrogens is 421 g/mol. The lowest BCUT2D eigenvalue weighted by molar-refractivity contribution is -0.0629. The highest BCUT2D eigenvalue weighted by atomic mass is 19.1. The van der Waals surface area contributed by atoms with Crippen LogP contribution in [0, 0.1) is 12.7 Å². The highest BCUT2D eigenvalue weighted by Crippen LogP contribution is 2.34. The number of ether oxygens (including phenoxy) is 2. The molecule has 3 heterocycles. The number of aliphatic imine (C=N–C) groups is 1. The number of halogens is 1. The lowest BCUT2D eigenvalue weighted by Gasteiger charge is -2.49. The van der Waals surface area contributed by atoms with Crippen LogP contribution in [0.3, 0.4) is 0 Å². The Morgan fingerprint density at radius 2 is 2.21 bits per heavy atom. The molecule has 0 aliphatic carbocycles. The van der Waals surface area contributed by atoms with Crippen LogP contribution in [0.4, 0.5) is 10.1 Å². The first-order chi connectivity index (χ1) is 16.0. The van der Waals surface area contributed by atoms with Crippen LogP contribution in [0.25, 0.3) is 0 Å². The smallest absolute Gasteiger partial charge is 0.147 e. The molecular formula is C25H32FN5O2. The highest BCUT2D eigenvalue weighted by molar-refractivity contribution is 6.38. The minimum absolute atomic E-state index is 0.134. The summed E-state index contributed by atoms with van der Waals surface area (Å²) >= 11 is 0. The van der Waals surface area contributed by atoms with Crippen LogP contribution in [-0.4, -0.2) is 54.9 Å². The van der Waals surface area contributed by atoms with Crippen LogP contribution in [0.1, 0.15) is 43.0 Å². The average molecular weight is 454 g/mol. The summed E-state index contributed by atoms with van der Waals surface area (Å²) in [6.07, 6.45) is 6.78. The van der Waals surface area contributed by atoms with Gasteiger partial charge in [0.1, 0.15) is 17.1 Å². The van der Waals surface area contributed by atoms with Gasteiger partial charge in [0.15, 0.2) is 0 Å². The molecule has 33 heavy (non-hydrogen) atoms. The predicted octanol–water partition coefficient (Wildman–Crippen LogP) is 3.63. The van der Waals surface area contributed by atoms with Crippen molar-refractivity contribution < 1.29 is 13.9 Å². The Labute approximate surface area is 194 Å². The fourth-order valence-corrected chi connectivity index (χ4v) is 4.32. The molecule has 2 fully saturated rings.